The molecule has 5 heterocycles. The molecule has 1 aliphatic heterocycles. The van der Waals surface area contributed by atoms with E-state index in [1.54, 1.807) is 0 Å². The zero-order chi connectivity index (χ0) is 16.3. The van der Waals surface area contributed by atoms with Crippen molar-refractivity contribution in [2.75, 3.05) is 0 Å². The molecule has 24 heavy (non-hydrogen) atoms. The van der Waals surface area contributed by atoms with Gasteiger partial charge in [-0.2, -0.15) is 10.4 Å². The van der Waals surface area contributed by atoms with E-state index in [0.717, 1.165) is 53.0 Å². The van der Waals surface area contributed by atoms with E-state index < -0.39 is 0 Å². The van der Waals surface area contributed by atoms with Crippen LogP contribution in [0.3, 0.4) is 0 Å². The molecule has 1 N–H and O–H groups in total. The molecule has 0 aromatic carbocycles. The second-order valence-corrected chi connectivity index (χ2v) is 6.27. The van der Waals surface area contributed by atoms with Gasteiger partial charge in [-0.05, 0) is 31.9 Å². The lowest BCUT2D eigenvalue weighted by molar-refractivity contribution is 0.344. The lowest BCUT2D eigenvalue weighted by atomic mass is 10.0. The smallest absolute Gasteiger partial charge is 0.162 e. The first-order valence-electron chi connectivity index (χ1n) is 8.02. The Morgan fingerprint density at radius 1 is 1.42 bits per heavy atom. The minimum absolute atomic E-state index is 0.273. The van der Waals surface area contributed by atoms with Gasteiger partial charge in [-0.15, -0.1) is 0 Å². The molecule has 0 amide bonds. The summed E-state index contributed by atoms with van der Waals surface area (Å²) in [6.07, 6.45) is 5.67. The fraction of sp³-hybridized carbons (Fsp3) is 0.294. The SMILES string of the molecule is Cc1nc2cnc3[nH]ccc3c2n1C1CCc2cc(C#N)nn2C1. The van der Waals surface area contributed by atoms with Crippen LogP contribution in [0.1, 0.15) is 29.7 Å². The van der Waals surface area contributed by atoms with Gasteiger partial charge in [0, 0.05) is 17.3 Å². The summed E-state index contributed by atoms with van der Waals surface area (Å²) in [7, 11) is 0. The molecule has 0 aliphatic carbocycles. The fourth-order valence-corrected chi connectivity index (χ4v) is 3.84. The van der Waals surface area contributed by atoms with Crippen LogP contribution in [0.25, 0.3) is 22.1 Å². The van der Waals surface area contributed by atoms with Crippen LogP contribution in [-0.4, -0.2) is 29.3 Å². The van der Waals surface area contributed by atoms with Gasteiger partial charge in [0.05, 0.1) is 24.3 Å². The molecule has 0 radical (unpaired) electrons. The summed E-state index contributed by atoms with van der Waals surface area (Å²) >= 11 is 0. The second-order valence-electron chi connectivity index (χ2n) is 6.27. The summed E-state index contributed by atoms with van der Waals surface area (Å²) < 4.78 is 4.28. The molecule has 0 saturated carbocycles. The van der Waals surface area contributed by atoms with E-state index in [-0.39, 0.29) is 6.04 Å². The number of nitrogens with zero attached hydrogens (tertiary/aromatic N) is 6. The topological polar surface area (TPSA) is 88.1 Å². The number of hydrogen-bond acceptors (Lipinski definition) is 4. The highest BCUT2D eigenvalue weighted by molar-refractivity contribution is 6.01. The first-order valence-corrected chi connectivity index (χ1v) is 8.02. The van der Waals surface area contributed by atoms with E-state index >= 15 is 0 Å². The van der Waals surface area contributed by atoms with Gasteiger partial charge in [-0.1, -0.05) is 0 Å². The Labute approximate surface area is 137 Å². The maximum atomic E-state index is 9.07. The maximum absolute atomic E-state index is 9.07. The number of nitrogens with one attached hydrogen (secondary N) is 1. The summed E-state index contributed by atoms with van der Waals surface area (Å²) in [5.41, 5.74) is 4.56. The van der Waals surface area contributed by atoms with E-state index in [9.17, 15) is 0 Å². The van der Waals surface area contributed by atoms with Crippen molar-refractivity contribution >= 4 is 22.1 Å². The average Bonchev–Trinajstić information content (AvgIpc) is 3.28. The fourth-order valence-electron chi connectivity index (χ4n) is 3.84. The summed E-state index contributed by atoms with van der Waals surface area (Å²) in [5.74, 6) is 0.988. The Bertz CT molecular complexity index is 1120. The van der Waals surface area contributed by atoms with Gasteiger partial charge < -0.3 is 9.55 Å². The van der Waals surface area contributed by atoms with Gasteiger partial charge in [0.25, 0.3) is 0 Å². The molecular weight excluding hydrogens is 302 g/mol. The van der Waals surface area contributed by atoms with Gasteiger partial charge in [0.1, 0.15) is 23.1 Å². The third-order valence-electron chi connectivity index (χ3n) is 4.87. The highest BCUT2D eigenvalue weighted by Crippen LogP contribution is 2.32. The normalized spacial score (nSPS) is 17.2. The number of aromatic nitrogens is 6. The predicted molar refractivity (Wildman–Crippen MR) is 88.4 cm³/mol. The van der Waals surface area contributed by atoms with Crippen LogP contribution in [0.5, 0.6) is 0 Å². The molecule has 5 rings (SSSR count). The van der Waals surface area contributed by atoms with Crippen molar-refractivity contribution in [3.05, 3.63) is 41.7 Å². The number of pyridine rings is 1. The minimum atomic E-state index is 0.273. The second kappa shape index (κ2) is 4.68. The van der Waals surface area contributed by atoms with E-state index in [1.165, 1.54) is 0 Å². The van der Waals surface area contributed by atoms with Crippen LogP contribution in [0, 0.1) is 18.3 Å². The molecule has 0 fully saturated rings. The monoisotopic (exact) mass is 317 g/mol. The number of fused-ring (bicyclic) bond motifs is 4. The number of imidazole rings is 1. The van der Waals surface area contributed by atoms with Crippen LogP contribution in [0.2, 0.25) is 0 Å². The van der Waals surface area contributed by atoms with Crippen molar-refractivity contribution in [1.29, 1.82) is 5.26 Å². The van der Waals surface area contributed by atoms with Crippen molar-refractivity contribution in [2.24, 2.45) is 0 Å². The molecule has 4 aromatic rings. The van der Waals surface area contributed by atoms with Gasteiger partial charge in [-0.25, -0.2) is 9.97 Å². The highest BCUT2D eigenvalue weighted by Gasteiger charge is 2.25. The number of aryl methyl sites for hydroxylation is 2. The molecule has 118 valence electrons. The summed E-state index contributed by atoms with van der Waals surface area (Å²) in [4.78, 5) is 12.3. The first kappa shape index (κ1) is 13.3. The minimum Gasteiger partial charge on any atom is -0.346 e. The number of aromatic amines is 1. The average molecular weight is 317 g/mol. The largest absolute Gasteiger partial charge is 0.346 e. The highest BCUT2D eigenvalue weighted by atomic mass is 15.3. The Balaban J connectivity index is 1.68. The third kappa shape index (κ3) is 1.74. The van der Waals surface area contributed by atoms with E-state index in [2.05, 4.69) is 31.8 Å². The summed E-state index contributed by atoms with van der Waals surface area (Å²) in [6, 6.07) is 6.35. The standard InChI is InChI=1S/C17H15N7/c1-10-21-15-8-20-17-14(4-5-19-17)16(15)24(10)13-3-2-12-6-11(7-18)22-23(12)9-13/h4-6,8,13H,2-3,9H2,1H3,(H,19,20). The molecule has 1 atom stereocenters. The van der Waals surface area contributed by atoms with Crippen LogP contribution in [0.15, 0.2) is 24.5 Å². The Kier molecular flexibility index (Phi) is 2.59. The molecule has 1 aliphatic rings. The van der Waals surface area contributed by atoms with E-state index in [0.29, 0.717) is 5.69 Å². The zero-order valence-corrected chi connectivity index (χ0v) is 13.2. The van der Waals surface area contributed by atoms with Crippen LogP contribution < -0.4 is 0 Å². The molecule has 0 saturated heterocycles. The number of hydrogen-bond donors (Lipinski definition) is 1. The Morgan fingerprint density at radius 2 is 2.33 bits per heavy atom. The molecular formula is C17H15N7. The van der Waals surface area contributed by atoms with Gasteiger partial charge in [0.15, 0.2) is 5.69 Å². The molecule has 7 heteroatoms. The molecule has 7 nitrogen and oxygen atoms in total. The molecule has 0 bridgehead atoms. The first-order chi connectivity index (χ1) is 11.7. The van der Waals surface area contributed by atoms with Crippen LogP contribution >= 0.6 is 0 Å². The zero-order valence-electron chi connectivity index (χ0n) is 13.2. The van der Waals surface area contributed by atoms with Crippen molar-refractivity contribution < 1.29 is 0 Å². The van der Waals surface area contributed by atoms with Crippen LogP contribution in [-0.2, 0) is 13.0 Å². The van der Waals surface area contributed by atoms with Gasteiger partial charge in [-0.3, -0.25) is 4.68 Å². The maximum Gasteiger partial charge on any atom is 0.162 e. The van der Waals surface area contributed by atoms with E-state index in [4.69, 9.17) is 10.2 Å². The number of nitriles is 1. The number of H-pyrrole nitrogens is 1. The number of rotatable bonds is 1. The predicted octanol–water partition coefficient (Wildman–Crippen LogP) is 2.48. The van der Waals surface area contributed by atoms with Crippen molar-refractivity contribution in [1.82, 2.24) is 29.3 Å². The lowest BCUT2D eigenvalue weighted by Crippen LogP contribution is -2.24. The Hall–Kier alpha value is -3.14. The van der Waals surface area contributed by atoms with Crippen molar-refractivity contribution in [3.63, 3.8) is 0 Å². The van der Waals surface area contributed by atoms with Gasteiger partial charge in [0.2, 0.25) is 0 Å². The van der Waals surface area contributed by atoms with Crippen molar-refractivity contribution in [3.8, 4) is 6.07 Å². The summed E-state index contributed by atoms with van der Waals surface area (Å²) in [5, 5.41) is 14.6. The summed E-state index contributed by atoms with van der Waals surface area (Å²) in [6.45, 7) is 2.80. The molecule has 0 spiro atoms. The van der Waals surface area contributed by atoms with Crippen LogP contribution in [0.4, 0.5) is 0 Å². The molecule has 1 unspecified atom stereocenters. The Morgan fingerprint density at radius 3 is 3.21 bits per heavy atom. The third-order valence-corrected chi connectivity index (χ3v) is 4.87. The van der Waals surface area contributed by atoms with E-state index in [1.807, 2.05) is 30.1 Å². The lowest BCUT2D eigenvalue weighted by Gasteiger charge is -2.26. The molecule has 4 aromatic heterocycles. The quantitative estimate of drug-likeness (QED) is 0.584. The van der Waals surface area contributed by atoms with Crippen molar-refractivity contribution in [2.45, 2.75) is 32.4 Å². The van der Waals surface area contributed by atoms with Gasteiger partial charge >= 0.3 is 0 Å².